The van der Waals surface area contributed by atoms with Crippen molar-refractivity contribution in [2.24, 2.45) is 0 Å². The maximum Gasteiger partial charge on any atom is -0.0533 e. The van der Waals surface area contributed by atoms with Crippen LogP contribution in [0.15, 0.2) is 0 Å². The molecule has 2 saturated carbocycles. The number of hydrogen-bond donors (Lipinski definition) is 0. The third-order valence-electron chi connectivity index (χ3n) is 2.50. The van der Waals surface area contributed by atoms with Crippen LogP contribution in [0.1, 0.15) is 120 Å². The molecule has 0 bridgehead atoms. The molecule has 0 aromatic heterocycles. The van der Waals surface area contributed by atoms with Crippen LogP contribution in [0.25, 0.3) is 0 Å². The standard InChI is InChI=1S/2C5H10.4C2H6/c2*1-2-4-5-3-1;4*1-2/h2*1-5H2;4*1-2H3. The van der Waals surface area contributed by atoms with E-state index in [1.54, 1.807) is 0 Å². The molecular formula is C18H44. The van der Waals surface area contributed by atoms with Crippen LogP contribution < -0.4 is 0 Å². The minimum absolute atomic E-state index is 1.50. The third-order valence-corrected chi connectivity index (χ3v) is 2.50. The van der Waals surface area contributed by atoms with Gasteiger partial charge in [-0.2, -0.15) is 0 Å². The smallest absolute Gasteiger partial charge is 0.0533 e. The van der Waals surface area contributed by atoms with E-state index < -0.39 is 0 Å². The van der Waals surface area contributed by atoms with Gasteiger partial charge in [0, 0.05) is 0 Å². The quantitative estimate of drug-likeness (QED) is 0.414. The first-order valence-corrected chi connectivity index (χ1v) is 9.00. The molecule has 0 amide bonds. The molecule has 0 saturated heterocycles. The Bertz CT molecular complexity index is 33.2. The second kappa shape index (κ2) is 43.5. The molecule has 2 fully saturated rings. The van der Waals surface area contributed by atoms with Gasteiger partial charge < -0.3 is 0 Å². The van der Waals surface area contributed by atoms with Crippen molar-refractivity contribution in [3.8, 4) is 0 Å². The van der Waals surface area contributed by atoms with Crippen LogP contribution in [0.5, 0.6) is 0 Å². The molecule has 0 heteroatoms. The van der Waals surface area contributed by atoms with Crippen molar-refractivity contribution in [2.45, 2.75) is 120 Å². The van der Waals surface area contributed by atoms with Gasteiger partial charge in [0.1, 0.15) is 0 Å². The SMILES string of the molecule is C1CCCC1.C1CCCC1.CC.CC.CC.CC. The van der Waals surface area contributed by atoms with E-state index in [9.17, 15) is 0 Å². The Hall–Kier alpha value is 0. The normalized spacial score (nSPS) is 14.7. The van der Waals surface area contributed by atoms with Gasteiger partial charge in [-0.25, -0.2) is 0 Å². The Balaban J connectivity index is -0.0000000713. The average molecular weight is 261 g/mol. The van der Waals surface area contributed by atoms with Crippen LogP contribution in [0.3, 0.4) is 0 Å². The van der Waals surface area contributed by atoms with Crippen LogP contribution in [0.2, 0.25) is 0 Å². The van der Waals surface area contributed by atoms with Crippen molar-refractivity contribution in [3.63, 3.8) is 0 Å². The van der Waals surface area contributed by atoms with Gasteiger partial charge in [-0.1, -0.05) is 120 Å². The fraction of sp³-hybridized carbons (Fsp3) is 1.00. The van der Waals surface area contributed by atoms with E-state index >= 15 is 0 Å². The molecule has 0 spiro atoms. The van der Waals surface area contributed by atoms with Gasteiger partial charge in [0.15, 0.2) is 0 Å². The summed E-state index contributed by atoms with van der Waals surface area (Å²) < 4.78 is 0. The molecule has 116 valence electrons. The Labute approximate surface area is 120 Å². The Morgan fingerprint density at radius 3 is 0.333 bits per heavy atom. The molecular weight excluding hydrogens is 216 g/mol. The molecule has 2 aliphatic rings. The average Bonchev–Trinajstić information content (AvgIpc) is 3.25. The van der Waals surface area contributed by atoms with Crippen molar-refractivity contribution in [2.75, 3.05) is 0 Å². The van der Waals surface area contributed by atoms with E-state index in [1.165, 1.54) is 64.2 Å². The second-order valence-corrected chi connectivity index (χ2v) is 3.54. The predicted molar refractivity (Wildman–Crippen MR) is 91.6 cm³/mol. The minimum atomic E-state index is 1.50. The van der Waals surface area contributed by atoms with E-state index in [1.807, 2.05) is 55.4 Å². The highest BCUT2D eigenvalue weighted by Gasteiger charge is 1.95. The van der Waals surface area contributed by atoms with E-state index in [0.717, 1.165) is 0 Å². The fourth-order valence-corrected chi connectivity index (χ4v) is 1.77. The van der Waals surface area contributed by atoms with Gasteiger partial charge in [0.05, 0.1) is 0 Å². The summed E-state index contributed by atoms with van der Waals surface area (Å²) in [6.07, 6.45) is 15.0. The first kappa shape index (κ1) is 26.5. The third kappa shape index (κ3) is 36.0. The number of rotatable bonds is 0. The summed E-state index contributed by atoms with van der Waals surface area (Å²) in [5, 5.41) is 0. The summed E-state index contributed by atoms with van der Waals surface area (Å²) >= 11 is 0. The van der Waals surface area contributed by atoms with E-state index in [0.29, 0.717) is 0 Å². The van der Waals surface area contributed by atoms with E-state index in [2.05, 4.69) is 0 Å². The largest absolute Gasteiger partial charge is 0.0683 e. The topological polar surface area (TPSA) is 0 Å². The highest BCUT2D eigenvalue weighted by atomic mass is 14.0. The van der Waals surface area contributed by atoms with Gasteiger partial charge in [-0.15, -0.1) is 0 Å². The van der Waals surface area contributed by atoms with Crippen molar-refractivity contribution in [1.29, 1.82) is 0 Å². The predicted octanol–water partition coefficient (Wildman–Crippen LogP) is 8.01. The molecule has 2 aliphatic carbocycles. The monoisotopic (exact) mass is 260 g/mol. The van der Waals surface area contributed by atoms with Gasteiger partial charge in [0.2, 0.25) is 0 Å². The zero-order chi connectivity index (χ0) is 15.1. The molecule has 0 radical (unpaired) electrons. The van der Waals surface area contributed by atoms with Gasteiger partial charge >= 0.3 is 0 Å². The molecule has 0 aromatic carbocycles. The number of hydrogen-bond acceptors (Lipinski definition) is 0. The first-order chi connectivity index (χ1) is 9.00. The summed E-state index contributed by atoms with van der Waals surface area (Å²) in [7, 11) is 0. The Kier molecular flexibility index (Phi) is 64.2. The van der Waals surface area contributed by atoms with Gasteiger partial charge in [-0.05, 0) is 0 Å². The lowest BCUT2D eigenvalue weighted by Crippen LogP contribution is -1.47. The van der Waals surface area contributed by atoms with Crippen LogP contribution in [-0.2, 0) is 0 Å². The Morgan fingerprint density at radius 2 is 0.278 bits per heavy atom. The van der Waals surface area contributed by atoms with Crippen molar-refractivity contribution in [1.82, 2.24) is 0 Å². The fourth-order valence-electron chi connectivity index (χ4n) is 1.77. The van der Waals surface area contributed by atoms with Gasteiger partial charge in [-0.3, -0.25) is 0 Å². The molecule has 0 aromatic rings. The maximum absolute atomic E-state index is 2.00. The molecule has 0 N–H and O–H groups in total. The van der Waals surface area contributed by atoms with Gasteiger partial charge in [0.25, 0.3) is 0 Å². The van der Waals surface area contributed by atoms with Crippen molar-refractivity contribution in [3.05, 3.63) is 0 Å². The summed E-state index contributed by atoms with van der Waals surface area (Å²) in [6.45, 7) is 16.0. The van der Waals surface area contributed by atoms with E-state index in [4.69, 9.17) is 0 Å². The molecule has 0 unspecified atom stereocenters. The highest BCUT2D eigenvalue weighted by molar-refractivity contribution is 4.51. The van der Waals surface area contributed by atoms with Crippen molar-refractivity contribution >= 4 is 0 Å². The Morgan fingerprint density at radius 1 is 0.222 bits per heavy atom. The van der Waals surface area contributed by atoms with E-state index in [-0.39, 0.29) is 0 Å². The lowest BCUT2D eigenvalue weighted by molar-refractivity contribution is 0.886. The zero-order valence-corrected chi connectivity index (χ0v) is 15.1. The molecule has 0 aliphatic heterocycles. The van der Waals surface area contributed by atoms with Crippen LogP contribution in [-0.4, -0.2) is 0 Å². The second-order valence-electron chi connectivity index (χ2n) is 3.54. The molecule has 2 rings (SSSR count). The highest BCUT2D eigenvalue weighted by Crippen LogP contribution is 2.15. The maximum atomic E-state index is 2.00. The molecule has 0 atom stereocenters. The zero-order valence-electron chi connectivity index (χ0n) is 15.1. The molecule has 18 heavy (non-hydrogen) atoms. The first-order valence-electron chi connectivity index (χ1n) is 9.00. The molecule has 0 nitrogen and oxygen atoms in total. The van der Waals surface area contributed by atoms with Crippen LogP contribution >= 0.6 is 0 Å². The van der Waals surface area contributed by atoms with Crippen LogP contribution in [0, 0.1) is 0 Å². The minimum Gasteiger partial charge on any atom is -0.0683 e. The van der Waals surface area contributed by atoms with Crippen molar-refractivity contribution < 1.29 is 0 Å². The van der Waals surface area contributed by atoms with Crippen LogP contribution in [0.4, 0.5) is 0 Å². The lowest BCUT2D eigenvalue weighted by Gasteiger charge is -1.67. The lowest BCUT2D eigenvalue weighted by atomic mass is 10.4. The summed E-state index contributed by atoms with van der Waals surface area (Å²) in [4.78, 5) is 0. The molecule has 0 heterocycles. The summed E-state index contributed by atoms with van der Waals surface area (Å²) in [6, 6.07) is 0. The summed E-state index contributed by atoms with van der Waals surface area (Å²) in [5.41, 5.74) is 0. The summed E-state index contributed by atoms with van der Waals surface area (Å²) in [5.74, 6) is 0.